The normalized spacial score (nSPS) is 19.6. The van der Waals surface area contributed by atoms with E-state index in [2.05, 4.69) is 22.9 Å². The predicted molar refractivity (Wildman–Crippen MR) is 85.8 cm³/mol. The van der Waals surface area contributed by atoms with Crippen molar-refractivity contribution in [1.29, 1.82) is 0 Å². The lowest BCUT2D eigenvalue weighted by Crippen LogP contribution is -2.45. The average Bonchev–Trinajstić information content (AvgIpc) is 2.48. The van der Waals surface area contributed by atoms with Crippen LogP contribution >= 0.6 is 27.5 Å². The van der Waals surface area contributed by atoms with Crippen LogP contribution in [0.1, 0.15) is 38.2 Å². The third-order valence-corrected chi connectivity index (χ3v) is 5.17. The van der Waals surface area contributed by atoms with Crippen molar-refractivity contribution in [3.63, 3.8) is 0 Å². The molecule has 0 N–H and O–H groups in total. The summed E-state index contributed by atoms with van der Waals surface area (Å²) in [6.45, 7) is 3.38. The molecule has 1 heterocycles. The molecule has 110 valence electrons. The minimum Gasteiger partial charge on any atom is -0.381 e. The van der Waals surface area contributed by atoms with Crippen LogP contribution in [0.5, 0.6) is 0 Å². The van der Waals surface area contributed by atoms with Gasteiger partial charge in [-0.1, -0.05) is 53.0 Å². The van der Waals surface area contributed by atoms with Crippen LogP contribution < -0.4 is 0 Å². The van der Waals surface area contributed by atoms with Crippen molar-refractivity contribution in [3.05, 3.63) is 34.9 Å². The maximum absolute atomic E-state index is 13.0. The van der Waals surface area contributed by atoms with Gasteiger partial charge in [-0.2, -0.15) is 0 Å². The molecule has 0 saturated carbocycles. The Kier molecular flexibility index (Phi) is 5.65. The van der Waals surface area contributed by atoms with Crippen molar-refractivity contribution in [2.75, 3.05) is 13.2 Å². The summed E-state index contributed by atoms with van der Waals surface area (Å²) in [6, 6.07) is 7.70. The Morgan fingerprint density at radius 2 is 1.95 bits per heavy atom. The van der Waals surface area contributed by atoms with Crippen LogP contribution in [0.2, 0.25) is 5.02 Å². The fourth-order valence-electron chi connectivity index (χ4n) is 2.85. The minimum absolute atomic E-state index is 0.0821. The molecule has 1 aromatic carbocycles. The van der Waals surface area contributed by atoms with E-state index >= 15 is 0 Å². The van der Waals surface area contributed by atoms with Crippen LogP contribution in [-0.2, 0) is 14.9 Å². The second-order valence-corrected chi connectivity index (χ2v) is 6.86. The molecule has 2 nitrogen and oxygen atoms in total. The van der Waals surface area contributed by atoms with Gasteiger partial charge < -0.3 is 4.74 Å². The third kappa shape index (κ3) is 3.26. The quantitative estimate of drug-likeness (QED) is 0.722. The first-order valence-electron chi connectivity index (χ1n) is 7.12. The Hall–Kier alpha value is -0.380. The smallest absolute Gasteiger partial charge is 0.157 e. The van der Waals surface area contributed by atoms with Crippen LogP contribution in [0, 0.1) is 0 Å². The zero-order valence-electron chi connectivity index (χ0n) is 11.7. The molecule has 1 unspecified atom stereocenters. The van der Waals surface area contributed by atoms with E-state index in [-0.39, 0.29) is 10.6 Å². The first kappa shape index (κ1) is 16.0. The number of benzene rings is 1. The summed E-state index contributed by atoms with van der Waals surface area (Å²) in [5.74, 6) is 0.282. The van der Waals surface area contributed by atoms with Gasteiger partial charge in [-0.25, -0.2) is 0 Å². The standard InChI is InChI=1S/C16H20BrClO2/c1-2-3-14(17)15(19)16(8-10-20-11-9-16)12-4-6-13(18)7-5-12/h4-7,14H,2-3,8-11H2,1H3. The predicted octanol–water partition coefficient (Wildman–Crippen LogP) is 4.52. The molecule has 0 bridgehead atoms. The fourth-order valence-corrected chi connectivity index (χ4v) is 3.87. The number of ketones is 1. The average molecular weight is 360 g/mol. The van der Waals surface area contributed by atoms with E-state index in [4.69, 9.17) is 16.3 Å². The summed E-state index contributed by atoms with van der Waals surface area (Å²) in [6.07, 6.45) is 3.36. The molecule has 1 aliphatic heterocycles. The fraction of sp³-hybridized carbons (Fsp3) is 0.562. The highest BCUT2D eigenvalue weighted by molar-refractivity contribution is 9.10. The van der Waals surface area contributed by atoms with E-state index in [1.165, 1.54) is 0 Å². The highest BCUT2D eigenvalue weighted by Gasteiger charge is 2.43. The molecule has 0 radical (unpaired) electrons. The Bertz CT molecular complexity index is 452. The molecule has 1 atom stereocenters. The second kappa shape index (κ2) is 7.06. The summed E-state index contributed by atoms with van der Waals surface area (Å²) < 4.78 is 5.47. The zero-order valence-corrected chi connectivity index (χ0v) is 14.0. The molecule has 0 spiro atoms. The number of halogens is 2. The number of ether oxygens (including phenoxy) is 1. The molecule has 0 aliphatic carbocycles. The van der Waals surface area contributed by atoms with E-state index < -0.39 is 5.41 Å². The molecule has 1 saturated heterocycles. The lowest BCUT2D eigenvalue weighted by atomic mass is 9.70. The van der Waals surface area contributed by atoms with Crippen LogP contribution in [0.25, 0.3) is 0 Å². The lowest BCUT2D eigenvalue weighted by Gasteiger charge is -2.37. The van der Waals surface area contributed by atoms with Gasteiger partial charge in [-0.15, -0.1) is 0 Å². The van der Waals surface area contributed by atoms with Gasteiger partial charge in [0.15, 0.2) is 5.78 Å². The molecule has 1 fully saturated rings. The molecule has 2 rings (SSSR count). The number of carbonyl (C=O) groups is 1. The van der Waals surface area contributed by atoms with Crippen molar-refractivity contribution >= 4 is 33.3 Å². The largest absolute Gasteiger partial charge is 0.381 e. The monoisotopic (exact) mass is 358 g/mol. The SMILES string of the molecule is CCCC(Br)C(=O)C1(c2ccc(Cl)cc2)CCOCC1. The van der Waals surface area contributed by atoms with Gasteiger partial charge in [0, 0.05) is 18.2 Å². The Balaban J connectivity index is 2.34. The van der Waals surface area contributed by atoms with Crippen LogP contribution in [0.4, 0.5) is 0 Å². The van der Waals surface area contributed by atoms with Gasteiger partial charge in [0.25, 0.3) is 0 Å². The summed E-state index contributed by atoms with van der Waals surface area (Å²) >= 11 is 9.54. The summed E-state index contributed by atoms with van der Waals surface area (Å²) in [5, 5.41) is 0.701. The van der Waals surface area contributed by atoms with E-state index in [9.17, 15) is 4.79 Å². The van der Waals surface area contributed by atoms with Crippen molar-refractivity contribution in [2.45, 2.75) is 42.8 Å². The van der Waals surface area contributed by atoms with Gasteiger partial charge in [-0.05, 0) is 37.0 Å². The van der Waals surface area contributed by atoms with Crippen LogP contribution in [-0.4, -0.2) is 23.8 Å². The summed E-state index contributed by atoms with van der Waals surface area (Å²) in [7, 11) is 0. The van der Waals surface area contributed by atoms with E-state index in [0.717, 1.165) is 31.2 Å². The maximum atomic E-state index is 13.0. The number of rotatable bonds is 5. The number of hydrogen-bond donors (Lipinski definition) is 0. The Morgan fingerprint density at radius 3 is 2.50 bits per heavy atom. The van der Waals surface area contributed by atoms with E-state index in [1.807, 2.05) is 24.3 Å². The summed E-state index contributed by atoms with van der Waals surface area (Å²) in [4.78, 5) is 12.9. The maximum Gasteiger partial charge on any atom is 0.157 e. The molecular weight excluding hydrogens is 340 g/mol. The van der Waals surface area contributed by atoms with E-state index in [0.29, 0.717) is 18.2 Å². The van der Waals surface area contributed by atoms with Gasteiger partial charge in [-0.3, -0.25) is 4.79 Å². The number of Topliss-reactive ketones (excluding diaryl/α,β-unsaturated/α-hetero) is 1. The Labute approximate surface area is 134 Å². The second-order valence-electron chi connectivity index (χ2n) is 5.32. The number of alkyl halides is 1. The van der Waals surface area contributed by atoms with Gasteiger partial charge in [0.05, 0.1) is 10.2 Å². The number of carbonyl (C=O) groups excluding carboxylic acids is 1. The van der Waals surface area contributed by atoms with Crippen molar-refractivity contribution < 1.29 is 9.53 Å². The minimum atomic E-state index is -0.424. The molecule has 0 aromatic heterocycles. The summed E-state index contributed by atoms with van der Waals surface area (Å²) in [5.41, 5.74) is 0.641. The van der Waals surface area contributed by atoms with Crippen LogP contribution in [0.3, 0.4) is 0 Å². The highest BCUT2D eigenvalue weighted by atomic mass is 79.9. The van der Waals surface area contributed by atoms with Crippen LogP contribution in [0.15, 0.2) is 24.3 Å². The first-order valence-corrected chi connectivity index (χ1v) is 8.41. The molecule has 0 amide bonds. The van der Waals surface area contributed by atoms with Crippen molar-refractivity contribution in [2.24, 2.45) is 0 Å². The molecule has 1 aliphatic rings. The third-order valence-electron chi connectivity index (χ3n) is 4.04. The van der Waals surface area contributed by atoms with Gasteiger partial charge >= 0.3 is 0 Å². The highest BCUT2D eigenvalue weighted by Crippen LogP contribution is 2.39. The van der Waals surface area contributed by atoms with Gasteiger partial charge in [0.2, 0.25) is 0 Å². The molecule has 4 heteroatoms. The Morgan fingerprint density at radius 1 is 1.35 bits per heavy atom. The van der Waals surface area contributed by atoms with Crippen molar-refractivity contribution in [1.82, 2.24) is 0 Å². The topological polar surface area (TPSA) is 26.3 Å². The van der Waals surface area contributed by atoms with Gasteiger partial charge in [0.1, 0.15) is 0 Å². The molecule has 1 aromatic rings. The molecule has 20 heavy (non-hydrogen) atoms. The first-order chi connectivity index (χ1) is 9.60. The van der Waals surface area contributed by atoms with E-state index in [1.54, 1.807) is 0 Å². The lowest BCUT2D eigenvalue weighted by molar-refractivity contribution is -0.127. The number of hydrogen-bond acceptors (Lipinski definition) is 2. The molecular formula is C16H20BrClO2. The zero-order chi connectivity index (χ0) is 14.6. The van der Waals surface area contributed by atoms with Crippen molar-refractivity contribution in [3.8, 4) is 0 Å².